The van der Waals surface area contributed by atoms with Crippen molar-refractivity contribution in [2.75, 3.05) is 6.61 Å². The zero-order chi connectivity index (χ0) is 8.60. The third-order valence-corrected chi connectivity index (χ3v) is 2.01. The van der Waals surface area contributed by atoms with Gasteiger partial charge < -0.3 is 20.6 Å². The molecule has 0 aliphatic carbocycles. The van der Waals surface area contributed by atoms with Crippen LogP contribution in [0.4, 0.5) is 0 Å². The van der Waals surface area contributed by atoms with Gasteiger partial charge in [-0.25, -0.2) is 4.98 Å². The molecule has 0 radical (unpaired) electrons. The quantitative estimate of drug-likeness (QED) is 0.506. The first-order valence-electron chi connectivity index (χ1n) is 3.80. The number of aromatic nitrogens is 2. The zero-order valence-corrected chi connectivity index (χ0v) is 6.53. The van der Waals surface area contributed by atoms with Crippen LogP contribution in [-0.4, -0.2) is 33.5 Å². The summed E-state index contributed by atoms with van der Waals surface area (Å²) in [4.78, 5) is 6.75. The molecule has 0 aromatic carbocycles. The fourth-order valence-electron chi connectivity index (χ4n) is 1.08. The Morgan fingerprint density at radius 3 is 3.17 bits per heavy atom. The van der Waals surface area contributed by atoms with Crippen molar-refractivity contribution in [3.8, 4) is 0 Å². The van der Waals surface area contributed by atoms with Gasteiger partial charge in [-0.2, -0.15) is 0 Å². The van der Waals surface area contributed by atoms with Crippen molar-refractivity contribution in [3.63, 3.8) is 0 Å². The Labute approximate surface area is 69.6 Å². The van der Waals surface area contributed by atoms with E-state index < -0.39 is 5.79 Å². The molecular weight excluding hydrogens is 158 g/mol. The highest BCUT2D eigenvalue weighted by Crippen LogP contribution is 2.27. The minimum absolute atomic E-state index is 0.336. The lowest BCUT2D eigenvalue weighted by atomic mass is 10.1. The Balaban J connectivity index is 1.95. The van der Waals surface area contributed by atoms with E-state index in [9.17, 15) is 5.11 Å². The van der Waals surface area contributed by atoms with Gasteiger partial charge in [-0.1, -0.05) is 0 Å². The smallest absolute Gasteiger partial charge is 0.205 e. The molecule has 1 fully saturated rings. The maximum absolute atomic E-state index is 9.41. The molecule has 4 N–H and O–H groups in total. The number of nitrogens with zero attached hydrogens (tertiary/aromatic N) is 1. The van der Waals surface area contributed by atoms with Gasteiger partial charge in [0.25, 0.3) is 0 Å². The summed E-state index contributed by atoms with van der Waals surface area (Å²) in [7, 11) is 0. The van der Waals surface area contributed by atoms with Crippen LogP contribution in [0.15, 0.2) is 12.5 Å². The number of nitrogens with one attached hydrogen (secondary N) is 1. The molecule has 2 atom stereocenters. The second-order valence-electron chi connectivity index (χ2n) is 3.02. The summed E-state index contributed by atoms with van der Waals surface area (Å²) < 4.78 is 4.80. The summed E-state index contributed by atoms with van der Waals surface area (Å²) in [5.74, 6) is -1.09. The Hall–Kier alpha value is -0.910. The zero-order valence-electron chi connectivity index (χ0n) is 6.53. The Morgan fingerprint density at radius 1 is 1.92 bits per heavy atom. The Kier molecular flexibility index (Phi) is 1.64. The Morgan fingerprint density at radius 2 is 2.67 bits per heavy atom. The number of epoxide rings is 1. The molecule has 12 heavy (non-hydrogen) atoms. The molecule has 0 bridgehead atoms. The van der Waals surface area contributed by atoms with Gasteiger partial charge in [0.15, 0.2) is 0 Å². The van der Waals surface area contributed by atoms with E-state index in [1.165, 1.54) is 0 Å². The molecule has 0 amide bonds. The minimum atomic E-state index is -1.09. The minimum Gasteiger partial charge on any atom is -0.362 e. The average Bonchev–Trinajstić information content (AvgIpc) is 2.63. The number of nitrogens with two attached hydrogens (primary N) is 1. The molecule has 1 aromatic heterocycles. The van der Waals surface area contributed by atoms with Crippen LogP contribution >= 0.6 is 0 Å². The molecule has 2 heterocycles. The van der Waals surface area contributed by atoms with Crippen molar-refractivity contribution >= 4 is 0 Å². The van der Waals surface area contributed by atoms with Crippen molar-refractivity contribution in [1.82, 2.24) is 9.97 Å². The van der Waals surface area contributed by atoms with Crippen LogP contribution in [0.1, 0.15) is 5.69 Å². The van der Waals surface area contributed by atoms with Crippen molar-refractivity contribution in [2.45, 2.75) is 18.2 Å². The van der Waals surface area contributed by atoms with E-state index in [0.717, 1.165) is 5.69 Å². The predicted molar refractivity (Wildman–Crippen MR) is 41.2 cm³/mol. The number of imidazole rings is 1. The number of rotatable bonds is 3. The fraction of sp³-hybridized carbons (Fsp3) is 0.571. The number of aliphatic hydroxyl groups is 1. The van der Waals surface area contributed by atoms with Gasteiger partial charge in [0.2, 0.25) is 5.79 Å². The maximum Gasteiger partial charge on any atom is 0.205 e. The highest BCUT2D eigenvalue weighted by molar-refractivity contribution is 5.02. The molecule has 1 aromatic rings. The average molecular weight is 169 g/mol. The first-order chi connectivity index (χ1) is 5.71. The number of hydrogen-bond acceptors (Lipinski definition) is 4. The molecule has 1 saturated heterocycles. The first-order valence-corrected chi connectivity index (χ1v) is 3.80. The number of aromatic amines is 1. The van der Waals surface area contributed by atoms with E-state index in [-0.39, 0.29) is 6.04 Å². The van der Waals surface area contributed by atoms with Crippen LogP contribution in [-0.2, 0) is 11.2 Å². The highest BCUT2D eigenvalue weighted by Gasteiger charge is 2.48. The lowest BCUT2D eigenvalue weighted by Gasteiger charge is -2.12. The molecule has 0 saturated carbocycles. The van der Waals surface area contributed by atoms with Gasteiger partial charge in [-0.05, 0) is 0 Å². The molecule has 2 rings (SSSR count). The topological polar surface area (TPSA) is 87.5 Å². The predicted octanol–water partition coefficient (Wildman–Crippen LogP) is -1.00. The Bertz CT molecular complexity index is 256. The second-order valence-corrected chi connectivity index (χ2v) is 3.02. The SMILES string of the molecule is N[C@@H](Cc1cnc[nH]1)C1(O)CO1. The number of hydrogen-bond donors (Lipinski definition) is 3. The molecule has 0 spiro atoms. The lowest BCUT2D eigenvalue weighted by molar-refractivity contribution is 0.0128. The van der Waals surface area contributed by atoms with E-state index in [0.29, 0.717) is 13.0 Å². The molecule has 5 nitrogen and oxygen atoms in total. The standard InChI is InChI=1S/C7H11N3O2/c8-6(7(11)3-12-7)1-5-2-9-4-10-5/h2,4,6,11H,1,3,8H2,(H,9,10)/t6-,7?/m0/s1. The summed E-state index contributed by atoms with van der Waals surface area (Å²) in [5.41, 5.74) is 6.59. The molecule has 5 heteroatoms. The normalized spacial score (nSPS) is 30.2. The third kappa shape index (κ3) is 1.34. The van der Waals surface area contributed by atoms with Crippen LogP contribution in [0, 0.1) is 0 Å². The van der Waals surface area contributed by atoms with Crippen LogP contribution in [0.2, 0.25) is 0 Å². The van der Waals surface area contributed by atoms with E-state index in [2.05, 4.69) is 9.97 Å². The second kappa shape index (κ2) is 2.55. The van der Waals surface area contributed by atoms with Gasteiger partial charge in [-0.3, -0.25) is 0 Å². The highest BCUT2D eigenvalue weighted by atomic mass is 16.7. The van der Waals surface area contributed by atoms with E-state index in [1.807, 2.05) is 0 Å². The van der Waals surface area contributed by atoms with E-state index >= 15 is 0 Å². The number of ether oxygens (including phenoxy) is 1. The van der Waals surface area contributed by atoms with Crippen LogP contribution in [0.25, 0.3) is 0 Å². The fourth-order valence-corrected chi connectivity index (χ4v) is 1.08. The largest absolute Gasteiger partial charge is 0.362 e. The van der Waals surface area contributed by atoms with Crippen LogP contribution < -0.4 is 5.73 Å². The van der Waals surface area contributed by atoms with Gasteiger partial charge in [-0.15, -0.1) is 0 Å². The molecule has 1 aliphatic heterocycles. The van der Waals surface area contributed by atoms with Gasteiger partial charge in [0.1, 0.15) is 6.61 Å². The number of H-pyrrole nitrogens is 1. The summed E-state index contributed by atoms with van der Waals surface area (Å²) in [6.07, 6.45) is 3.82. The monoisotopic (exact) mass is 169 g/mol. The first kappa shape index (κ1) is 7.72. The lowest BCUT2D eigenvalue weighted by Crippen LogP contribution is -2.39. The van der Waals surface area contributed by atoms with Crippen molar-refractivity contribution in [2.24, 2.45) is 5.73 Å². The van der Waals surface area contributed by atoms with Crippen LogP contribution in [0.5, 0.6) is 0 Å². The summed E-state index contributed by atoms with van der Waals surface area (Å²) in [6.45, 7) is 0.336. The van der Waals surface area contributed by atoms with Gasteiger partial charge in [0, 0.05) is 18.3 Å². The van der Waals surface area contributed by atoms with Crippen molar-refractivity contribution in [3.05, 3.63) is 18.2 Å². The van der Waals surface area contributed by atoms with E-state index in [4.69, 9.17) is 10.5 Å². The summed E-state index contributed by atoms with van der Waals surface area (Å²) >= 11 is 0. The third-order valence-electron chi connectivity index (χ3n) is 2.01. The van der Waals surface area contributed by atoms with Crippen molar-refractivity contribution in [1.29, 1.82) is 0 Å². The van der Waals surface area contributed by atoms with Gasteiger partial charge in [0.05, 0.1) is 12.4 Å². The molecule has 1 aliphatic rings. The summed E-state index contributed by atoms with van der Waals surface area (Å²) in [6, 6.07) is -0.377. The van der Waals surface area contributed by atoms with Crippen molar-refractivity contribution < 1.29 is 9.84 Å². The van der Waals surface area contributed by atoms with E-state index in [1.54, 1.807) is 12.5 Å². The van der Waals surface area contributed by atoms with Crippen LogP contribution in [0.3, 0.4) is 0 Å². The molecule has 66 valence electrons. The molecular formula is C7H11N3O2. The van der Waals surface area contributed by atoms with Gasteiger partial charge >= 0.3 is 0 Å². The maximum atomic E-state index is 9.41. The summed E-state index contributed by atoms with van der Waals surface area (Å²) in [5, 5.41) is 9.41. The molecule has 1 unspecified atom stereocenters.